The van der Waals surface area contributed by atoms with E-state index in [4.69, 9.17) is 30.5 Å². The van der Waals surface area contributed by atoms with Crippen LogP contribution in [0, 0.1) is 0 Å². The molecule has 2 saturated heterocycles. The van der Waals surface area contributed by atoms with Crippen molar-refractivity contribution in [1.82, 2.24) is 20.0 Å². The molecule has 2 fully saturated rings. The number of fused-ring (bicyclic) bond motifs is 1. The molecule has 1 amide bonds. The number of ether oxygens (including phenoxy) is 4. The van der Waals surface area contributed by atoms with Gasteiger partial charge in [0.25, 0.3) is 0 Å². The molecule has 2 aliphatic heterocycles. The lowest BCUT2D eigenvalue weighted by Crippen LogP contribution is -2.47. The van der Waals surface area contributed by atoms with E-state index in [1.54, 1.807) is 4.90 Å². The highest BCUT2D eigenvalue weighted by Crippen LogP contribution is 2.36. The molecule has 2 aromatic rings. The van der Waals surface area contributed by atoms with Crippen LogP contribution in [0.25, 0.3) is 10.9 Å². The lowest BCUT2D eigenvalue weighted by molar-refractivity contribution is -0.142. The Balaban J connectivity index is 1.23. The molecule has 0 radical (unpaired) electrons. The lowest BCUT2D eigenvalue weighted by Gasteiger charge is -2.28. The van der Waals surface area contributed by atoms with Crippen LogP contribution in [0.15, 0.2) is 16.7 Å². The van der Waals surface area contributed by atoms with Gasteiger partial charge < -0.3 is 29.2 Å². The number of carbonyl (C=O) groups is 2. The summed E-state index contributed by atoms with van der Waals surface area (Å²) in [6.07, 6.45) is 5.77. The number of carbonyl (C=O) groups excluding carboxylic acids is 2. The van der Waals surface area contributed by atoms with Crippen molar-refractivity contribution in [2.24, 2.45) is 0 Å². The van der Waals surface area contributed by atoms with Crippen molar-refractivity contribution >= 4 is 50.5 Å². The van der Waals surface area contributed by atoms with Gasteiger partial charge in [-0.3, -0.25) is 4.79 Å². The molecule has 1 N–H and O–H groups in total. The van der Waals surface area contributed by atoms with Crippen molar-refractivity contribution in [1.29, 1.82) is 0 Å². The van der Waals surface area contributed by atoms with E-state index in [0.29, 0.717) is 44.2 Å². The number of hydrogen-bond acceptors (Lipinski definition) is 8. The number of esters is 1. The molecule has 39 heavy (non-hydrogen) atoms. The summed E-state index contributed by atoms with van der Waals surface area (Å²) in [7, 11) is 0. The molecule has 4 rings (SSSR count). The maximum absolute atomic E-state index is 12.4. The molecule has 0 unspecified atom stereocenters. The highest BCUT2D eigenvalue weighted by atomic mass is 79.9. The Morgan fingerprint density at radius 3 is 2.85 bits per heavy atom. The van der Waals surface area contributed by atoms with Crippen LogP contribution in [0.1, 0.15) is 58.2 Å². The standard InChI is InChI=1S/C27H38BrClN4O6/c1-27(2,3)39-26(35)32-9-12-36-17-18(16-32)30-15-24(34)38-11-6-7-19-21(29)13-22-20(25(19)28)14-31-33(22)23-8-4-5-10-37-23/h13-14,18,23,30H,4-12,15-17H2,1-3H3/t18-,23-/m0/s1. The van der Waals surface area contributed by atoms with Gasteiger partial charge in [0.05, 0.1) is 38.1 Å². The Kier molecular flexibility index (Phi) is 10.5. The predicted octanol–water partition coefficient (Wildman–Crippen LogP) is 4.85. The molecule has 0 spiro atoms. The summed E-state index contributed by atoms with van der Waals surface area (Å²) < 4.78 is 25.2. The third-order valence-electron chi connectivity index (χ3n) is 6.60. The van der Waals surface area contributed by atoms with E-state index in [9.17, 15) is 9.59 Å². The fourth-order valence-corrected chi connectivity index (χ4v) is 5.80. The first-order chi connectivity index (χ1) is 18.6. The highest BCUT2D eigenvalue weighted by molar-refractivity contribution is 9.10. The van der Waals surface area contributed by atoms with E-state index in [-0.39, 0.29) is 37.5 Å². The van der Waals surface area contributed by atoms with Gasteiger partial charge >= 0.3 is 12.1 Å². The first kappa shape index (κ1) is 30.0. The average Bonchev–Trinajstić information content (AvgIpc) is 3.15. The normalized spacial score (nSPS) is 20.6. The minimum absolute atomic E-state index is 0.0228. The summed E-state index contributed by atoms with van der Waals surface area (Å²) >= 11 is 10.4. The molecule has 0 bridgehead atoms. The highest BCUT2D eigenvalue weighted by Gasteiger charge is 2.27. The van der Waals surface area contributed by atoms with Crippen molar-refractivity contribution in [3.63, 3.8) is 0 Å². The zero-order valence-corrected chi connectivity index (χ0v) is 25.2. The van der Waals surface area contributed by atoms with Gasteiger partial charge in [-0.2, -0.15) is 5.10 Å². The molecular weight excluding hydrogens is 592 g/mol. The second-order valence-electron chi connectivity index (χ2n) is 10.9. The molecule has 1 aromatic heterocycles. The first-order valence-corrected chi connectivity index (χ1v) is 14.7. The van der Waals surface area contributed by atoms with Gasteiger partial charge in [0.2, 0.25) is 0 Å². The Morgan fingerprint density at radius 2 is 2.10 bits per heavy atom. The second-order valence-corrected chi connectivity index (χ2v) is 12.1. The topological polar surface area (TPSA) is 104 Å². The van der Waals surface area contributed by atoms with Gasteiger partial charge in [0.1, 0.15) is 5.60 Å². The Bertz CT molecular complexity index is 1150. The van der Waals surface area contributed by atoms with Crippen LogP contribution in [0.4, 0.5) is 4.79 Å². The van der Waals surface area contributed by atoms with Crippen molar-refractivity contribution in [3.8, 4) is 0 Å². The van der Waals surface area contributed by atoms with E-state index < -0.39 is 5.60 Å². The van der Waals surface area contributed by atoms with Crippen LogP contribution < -0.4 is 5.32 Å². The molecule has 216 valence electrons. The largest absolute Gasteiger partial charge is 0.465 e. The summed E-state index contributed by atoms with van der Waals surface area (Å²) in [5.41, 5.74) is 1.32. The molecule has 0 aliphatic carbocycles. The van der Waals surface area contributed by atoms with Gasteiger partial charge in [0.15, 0.2) is 6.23 Å². The number of rotatable bonds is 8. The van der Waals surface area contributed by atoms with Gasteiger partial charge in [0, 0.05) is 40.6 Å². The number of hydrogen-bond donors (Lipinski definition) is 1. The SMILES string of the molecule is CC(C)(C)OC(=O)N1CCOC[C@@H](NCC(=O)OCCCc2c(Cl)cc3c(cnn3[C@@H]3CCCCO3)c2Br)C1. The van der Waals surface area contributed by atoms with Gasteiger partial charge in [-0.25, -0.2) is 9.48 Å². The van der Waals surface area contributed by atoms with Crippen molar-refractivity contribution in [2.45, 2.75) is 70.7 Å². The van der Waals surface area contributed by atoms with Crippen molar-refractivity contribution in [2.75, 3.05) is 46.1 Å². The molecule has 2 aliphatic rings. The fraction of sp³-hybridized carbons (Fsp3) is 0.667. The summed E-state index contributed by atoms with van der Waals surface area (Å²) in [4.78, 5) is 26.4. The minimum Gasteiger partial charge on any atom is -0.465 e. The lowest BCUT2D eigenvalue weighted by atomic mass is 10.1. The average molecular weight is 630 g/mol. The maximum atomic E-state index is 12.4. The number of benzene rings is 1. The van der Waals surface area contributed by atoms with Crippen LogP contribution >= 0.6 is 27.5 Å². The third kappa shape index (κ3) is 8.29. The number of amides is 1. The first-order valence-electron chi connectivity index (χ1n) is 13.5. The Hall–Kier alpha value is -1.92. The molecular formula is C27H38BrClN4O6. The van der Waals surface area contributed by atoms with E-state index in [1.165, 1.54) is 0 Å². The zero-order chi connectivity index (χ0) is 28.0. The zero-order valence-electron chi connectivity index (χ0n) is 22.8. The van der Waals surface area contributed by atoms with Crippen LogP contribution in [0.5, 0.6) is 0 Å². The maximum Gasteiger partial charge on any atom is 0.410 e. The van der Waals surface area contributed by atoms with Crippen LogP contribution in [-0.2, 0) is 30.2 Å². The number of halogens is 2. The summed E-state index contributed by atoms with van der Waals surface area (Å²) in [6, 6.07) is 1.74. The van der Waals surface area contributed by atoms with Crippen LogP contribution in [0.3, 0.4) is 0 Å². The number of aromatic nitrogens is 2. The summed E-state index contributed by atoms with van der Waals surface area (Å²) in [5.74, 6) is -0.363. The quantitative estimate of drug-likeness (QED) is 0.327. The van der Waals surface area contributed by atoms with E-state index in [1.807, 2.05) is 37.7 Å². The van der Waals surface area contributed by atoms with E-state index in [2.05, 4.69) is 26.3 Å². The predicted molar refractivity (Wildman–Crippen MR) is 151 cm³/mol. The van der Waals surface area contributed by atoms with Crippen LogP contribution in [-0.4, -0.2) is 84.4 Å². The van der Waals surface area contributed by atoms with Gasteiger partial charge in [-0.05, 0) is 80.4 Å². The minimum atomic E-state index is -0.575. The van der Waals surface area contributed by atoms with Gasteiger partial charge in [-0.15, -0.1) is 0 Å². The monoisotopic (exact) mass is 628 g/mol. The van der Waals surface area contributed by atoms with Crippen LogP contribution in [0.2, 0.25) is 5.02 Å². The third-order valence-corrected chi connectivity index (χ3v) is 7.84. The number of nitrogens with zero attached hydrogens (tertiary/aromatic N) is 3. The molecule has 0 saturated carbocycles. The summed E-state index contributed by atoms with van der Waals surface area (Å²) in [6.45, 7) is 8.16. The Labute approximate surface area is 242 Å². The molecule has 1 aromatic carbocycles. The smallest absolute Gasteiger partial charge is 0.410 e. The molecule has 3 heterocycles. The van der Waals surface area contributed by atoms with Crippen molar-refractivity contribution < 1.29 is 28.5 Å². The number of nitrogens with one attached hydrogen (secondary N) is 1. The Morgan fingerprint density at radius 1 is 1.28 bits per heavy atom. The molecule has 10 nitrogen and oxygen atoms in total. The van der Waals surface area contributed by atoms with E-state index in [0.717, 1.165) is 46.8 Å². The van der Waals surface area contributed by atoms with Gasteiger partial charge in [-0.1, -0.05) is 11.6 Å². The second kappa shape index (κ2) is 13.6. The van der Waals surface area contributed by atoms with Crippen molar-refractivity contribution in [3.05, 3.63) is 27.3 Å². The molecule has 12 heteroatoms. The molecule has 2 atom stereocenters. The summed E-state index contributed by atoms with van der Waals surface area (Å²) in [5, 5.41) is 9.33. The fourth-order valence-electron chi connectivity index (χ4n) is 4.67. The van der Waals surface area contributed by atoms with E-state index >= 15 is 0 Å².